The lowest BCUT2D eigenvalue weighted by atomic mass is 10.0. The number of ketones is 1. The van der Waals surface area contributed by atoms with E-state index in [9.17, 15) is 27.6 Å². The Morgan fingerprint density at radius 2 is 1.15 bits per heavy atom. The number of sulfonamides is 1. The molecule has 1 aromatic carbocycles. The molecule has 1 amide bonds. The fourth-order valence-electron chi connectivity index (χ4n) is 5.57. The third kappa shape index (κ3) is 25.2. The molecule has 0 aliphatic carbocycles. The van der Waals surface area contributed by atoms with E-state index < -0.39 is 27.9 Å². The zero-order valence-electron chi connectivity index (χ0n) is 34.1. The number of carbonyl (C=O) groups excluding carboxylic acids is 2. The molecule has 0 unspecified atom stereocenters. The van der Waals surface area contributed by atoms with Crippen molar-refractivity contribution >= 4 is 62.8 Å². The van der Waals surface area contributed by atoms with Crippen LogP contribution in [0.4, 0.5) is 5.95 Å². The van der Waals surface area contributed by atoms with Gasteiger partial charge in [-0.25, -0.2) is 27.9 Å². The molecule has 0 atom stereocenters. The maximum absolute atomic E-state index is 13.1. The summed E-state index contributed by atoms with van der Waals surface area (Å²) in [5, 5.41) is 19.8. The smallest absolute Gasteiger partial charge is 0.329 e. The fraction of sp³-hybridized carbons (Fsp3) is 0.650. The van der Waals surface area contributed by atoms with Crippen molar-refractivity contribution < 1.29 is 61.5 Å². The molecule has 338 valence electrons. The number of aliphatic carboxylic acids is 2. The second-order valence-corrected chi connectivity index (χ2v) is 16.3. The van der Waals surface area contributed by atoms with Crippen LogP contribution >= 0.6 is 23.2 Å². The van der Waals surface area contributed by atoms with E-state index in [1.165, 1.54) is 63.1 Å². The summed E-state index contributed by atoms with van der Waals surface area (Å²) in [5.41, 5.74) is 0.0882. The molecule has 4 N–H and O–H groups in total. The number of hydrogen-bond donors (Lipinski definition) is 4. The molecule has 0 aliphatic heterocycles. The Morgan fingerprint density at radius 3 is 1.75 bits per heavy atom. The van der Waals surface area contributed by atoms with E-state index in [-0.39, 0.29) is 104 Å². The van der Waals surface area contributed by atoms with E-state index in [0.717, 1.165) is 44.9 Å². The number of benzene rings is 1. The number of ether oxygens (including phenoxy) is 5. The Hall–Kier alpha value is -3.65. The van der Waals surface area contributed by atoms with Gasteiger partial charge in [-0.1, -0.05) is 93.8 Å². The van der Waals surface area contributed by atoms with Gasteiger partial charge in [0, 0.05) is 44.5 Å². The van der Waals surface area contributed by atoms with E-state index in [4.69, 9.17) is 57.1 Å². The van der Waals surface area contributed by atoms with Gasteiger partial charge in [-0.05, 0) is 25.3 Å². The molecule has 0 aliphatic rings. The number of anilines is 1. The number of rotatable bonds is 38. The van der Waals surface area contributed by atoms with Gasteiger partial charge in [0.25, 0.3) is 15.9 Å². The van der Waals surface area contributed by atoms with Crippen LogP contribution < -0.4 is 14.8 Å². The minimum absolute atomic E-state index is 0.0670. The average Bonchev–Trinajstić information content (AvgIpc) is 3.20. The summed E-state index contributed by atoms with van der Waals surface area (Å²) in [6.45, 7) is 1.43. The third-order valence-electron chi connectivity index (χ3n) is 8.72. The Balaban J connectivity index is 1.56. The summed E-state index contributed by atoms with van der Waals surface area (Å²) in [6.07, 6.45) is 17.5. The van der Waals surface area contributed by atoms with Gasteiger partial charge in [-0.15, -0.1) is 0 Å². The molecule has 0 fully saturated rings. The molecule has 0 spiro atoms. The number of Topliss-reactive ketones (excluding diaryl/α,β-unsaturated/α-hetero) is 1. The van der Waals surface area contributed by atoms with Crippen molar-refractivity contribution in [3.8, 4) is 5.75 Å². The number of nitrogens with zero attached hydrogens (tertiary/aromatic N) is 2. The molecule has 1 heterocycles. The normalized spacial score (nSPS) is 11.4. The van der Waals surface area contributed by atoms with Gasteiger partial charge >= 0.3 is 11.9 Å². The molecule has 2 aromatic rings. The Bertz CT molecular complexity index is 1670. The number of nitrogens with one attached hydrogen (secondary N) is 2. The van der Waals surface area contributed by atoms with E-state index in [1.807, 2.05) is 0 Å². The molecule has 17 nitrogen and oxygen atoms in total. The summed E-state index contributed by atoms with van der Waals surface area (Å²) in [5.74, 6) is -2.37. The highest BCUT2D eigenvalue weighted by molar-refractivity contribution is 7.92. The summed E-state index contributed by atoms with van der Waals surface area (Å²) in [4.78, 5) is 52.8. The molecule has 20 heteroatoms. The van der Waals surface area contributed by atoms with Gasteiger partial charge in [-0.2, -0.15) is 0 Å². The summed E-state index contributed by atoms with van der Waals surface area (Å²) in [6, 6.07) is 2.56. The lowest BCUT2D eigenvalue weighted by Gasteiger charge is -2.13. The largest absolute Gasteiger partial charge is 0.492 e. The molecule has 0 saturated carbocycles. The molecule has 1 aromatic heterocycles. The lowest BCUT2D eigenvalue weighted by Crippen LogP contribution is -2.28. The van der Waals surface area contributed by atoms with Crippen LogP contribution in [0.25, 0.3) is 0 Å². The highest BCUT2D eigenvalue weighted by Gasteiger charge is 2.22. The Kier molecular flexibility index (Phi) is 28.1. The predicted molar refractivity (Wildman–Crippen MR) is 225 cm³/mol. The van der Waals surface area contributed by atoms with Gasteiger partial charge in [0.05, 0.1) is 55.3 Å². The quantitative estimate of drug-likeness (QED) is 0.0511. The van der Waals surface area contributed by atoms with Crippen LogP contribution in [0.2, 0.25) is 10.0 Å². The maximum atomic E-state index is 13.1. The second kappa shape index (κ2) is 32.1. The van der Waals surface area contributed by atoms with Crippen LogP contribution in [0, 0.1) is 0 Å². The van der Waals surface area contributed by atoms with Crippen molar-refractivity contribution in [3.63, 3.8) is 0 Å². The number of hydrogen-bond acceptors (Lipinski definition) is 13. The van der Waals surface area contributed by atoms with Crippen LogP contribution in [0.15, 0.2) is 29.4 Å². The first-order valence-corrected chi connectivity index (χ1v) is 22.6. The van der Waals surface area contributed by atoms with Crippen LogP contribution in [0.5, 0.6) is 5.75 Å². The van der Waals surface area contributed by atoms with Crippen LogP contribution in [0.3, 0.4) is 0 Å². The first-order valence-electron chi connectivity index (χ1n) is 20.4. The van der Waals surface area contributed by atoms with Crippen molar-refractivity contribution in [1.29, 1.82) is 0 Å². The van der Waals surface area contributed by atoms with Crippen molar-refractivity contribution in [2.75, 3.05) is 70.7 Å². The standard InChI is InChI=1S/C40H60Cl2N4O13S/c41-33-26-36(34(42)25-35(33)59-19-13-11-9-7-5-3-1-2-4-6-8-10-12-16-37(48)49)60(53,54)46-40-44-27-31(28-45-40)39(52)43-17-20-56-22-23-57-29-32(47)15-14-18-55-21-24-58-30-38(50)51/h25-28H,1-24,29-30H2,(H,43,52)(H,48,49)(H,50,51)(H,44,45,46). The average molecular weight is 908 g/mol. The topological polar surface area (TPSA) is 239 Å². The molecule has 0 radical (unpaired) electrons. The van der Waals surface area contributed by atoms with E-state index in [1.54, 1.807) is 0 Å². The highest BCUT2D eigenvalue weighted by Crippen LogP contribution is 2.34. The van der Waals surface area contributed by atoms with Crippen LogP contribution in [-0.4, -0.2) is 118 Å². The first kappa shape index (κ1) is 52.5. The number of carboxylic acid groups (broad SMARTS) is 2. The Labute approximate surface area is 362 Å². The third-order valence-corrected chi connectivity index (χ3v) is 10.8. The fourth-order valence-corrected chi connectivity index (χ4v) is 7.36. The predicted octanol–water partition coefficient (Wildman–Crippen LogP) is 6.74. The Morgan fingerprint density at radius 1 is 0.600 bits per heavy atom. The molecular weight excluding hydrogens is 847 g/mol. The number of carboxylic acids is 2. The SMILES string of the molecule is O=C(O)CCCCCCCCCCCCCCCOc1cc(Cl)c(S(=O)(=O)Nc2ncc(C(=O)NCCOCCOCC(=O)CCCOCCOCC(=O)O)cn2)cc1Cl. The van der Waals surface area contributed by atoms with Crippen molar-refractivity contribution in [1.82, 2.24) is 15.3 Å². The van der Waals surface area contributed by atoms with Crippen molar-refractivity contribution in [2.24, 2.45) is 0 Å². The lowest BCUT2D eigenvalue weighted by molar-refractivity contribution is -0.143. The number of halogens is 2. The number of unbranched alkanes of at least 4 members (excludes halogenated alkanes) is 12. The van der Waals surface area contributed by atoms with Crippen molar-refractivity contribution in [2.45, 2.75) is 108 Å². The van der Waals surface area contributed by atoms with Crippen LogP contribution in [0.1, 0.15) is 113 Å². The van der Waals surface area contributed by atoms with Gasteiger partial charge < -0.3 is 39.2 Å². The summed E-state index contributed by atoms with van der Waals surface area (Å²) in [7, 11) is -4.25. The molecule has 0 saturated heterocycles. The van der Waals surface area contributed by atoms with E-state index in [2.05, 4.69) is 20.0 Å². The molecule has 0 bridgehead atoms. The minimum Gasteiger partial charge on any atom is -0.492 e. The summed E-state index contributed by atoms with van der Waals surface area (Å²) >= 11 is 12.7. The first-order chi connectivity index (χ1) is 28.9. The van der Waals surface area contributed by atoms with Crippen molar-refractivity contribution in [3.05, 3.63) is 40.1 Å². The van der Waals surface area contributed by atoms with Gasteiger partial charge in [0.2, 0.25) is 5.95 Å². The number of carbonyl (C=O) groups is 4. The summed E-state index contributed by atoms with van der Waals surface area (Å²) < 4.78 is 55.0. The van der Waals surface area contributed by atoms with E-state index >= 15 is 0 Å². The van der Waals surface area contributed by atoms with Gasteiger partial charge in [0.15, 0.2) is 5.78 Å². The second-order valence-electron chi connectivity index (χ2n) is 13.8. The van der Waals surface area contributed by atoms with Gasteiger partial charge in [-0.3, -0.25) is 14.4 Å². The molecule has 2 rings (SSSR count). The zero-order chi connectivity index (χ0) is 43.9. The number of aromatic nitrogens is 2. The van der Waals surface area contributed by atoms with Crippen LogP contribution in [-0.2, 0) is 43.4 Å². The minimum atomic E-state index is -4.25. The maximum Gasteiger partial charge on any atom is 0.329 e. The molecule has 60 heavy (non-hydrogen) atoms. The zero-order valence-corrected chi connectivity index (χ0v) is 36.5. The highest BCUT2D eigenvalue weighted by atomic mass is 35.5. The van der Waals surface area contributed by atoms with E-state index in [0.29, 0.717) is 19.6 Å². The number of amides is 1. The monoisotopic (exact) mass is 906 g/mol. The molecular formula is C40H60Cl2N4O13S. The van der Waals surface area contributed by atoms with Gasteiger partial charge in [0.1, 0.15) is 23.9 Å².